The van der Waals surface area contributed by atoms with Gasteiger partial charge in [-0.1, -0.05) is 35.9 Å². The molecule has 6 nitrogen and oxygen atoms in total. The van der Waals surface area contributed by atoms with Gasteiger partial charge in [-0.25, -0.2) is 9.59 Å². The number of amides is 1. The van der Waals surface area contributed by atoms with Crippen molar-refractivity contribution in [1.82, 2.24) is 0 Å². The Bertz CT molecular complexity index is 869. The molecule has 2 aromatic rings. The zero-order valence-electron chi connectivity index (χ0n) is 15.4. The van der Waals surface area contributed by atoms with Gasteiger partial charge in [0.05, 0.1) is 12.7 Å². The Morgan fingerprint density at radius 3 is 2.41 bits per heavy atom. The topological polar surface area (TPSA) is 81.7 Å². The fourth-order valence-electron chi connectivity index (χ4n) is 2.21. The molecule has 27 heavy (non-hydrogen) atoms. The molecular formula is C21H21NO5. The first-order valence-corrected chi connectivity index (χ1v) is 8.29. The molecule has 0 heterocycles. The maximum atomic E-state index is 12.0. The highest BCUT2D eigenvalue weighted by molar-refractivity contribution is 5.97. The maximum absolute atomic E-state index is 12.0. The van der Waals surface area contributed by atoms with E-state index in [1.54, 1.807) is 25.1 Å². The van der Waals surface area contributed by atoms with E-state index in [1.807, 2.05) is 31.2 Å². The minimum Gasteiger partial charge on any atom is -0.465 e. The summed E-state index contributed by atoms with van der Waals surface area (Å²) in [5.74, 6) is -1.62. The normalized spacial score (nSPS) is 10.5. The van der Waals surface area contributed by atoms with Crippen LogP contribution < -0.4 is 5.32 Å². The third kappa shape index (κ3) is 6.11. The Balaban J connectivity index is 1.89. The second-order valence-corrected chi connectivity index (χ2v) is 5.92. The molecule has 0 aliphatic heterocycles. The molecule has 0 saturated carbocycles. The van der Waals surface area contributed by atoms with Crippen molar-refractivity contribution in [2.45, 2.75) is 13.8 Å². The van der Waals surface area contributed by atoms with Gasteiger partial charge in [0, 0.05) is 11.8 Å². The molecule has 6 heteroatoms. The molecule has 0 spiro atoms. The molecule has 2 rings (SSSR count). The number of benzene rings is 2. The number of esters is 2. The number of hydrogen-bond acceptors (Lipinski definition) is 5. The lowest BCUT2D eigenvalue weighted by molar-refractivity contribution is -0.142. The van der Waals surface area contributed by atoms with Crippen LogP contribution in [0.3, 0.4) is 0 Å². The van der Waals surface area contributed by atoms with Gasteiger partial charge in [0.25, 0.3) is 5.91 Å². The zero-order valence-corrected chi connectivity index (χ0v) is 15.4. The number of carbonyl (C=O) groups excluding carboxylic acids is 3. The number of ether oxygens (including phenoxy) is 2. The van der Waals surface area contributed by atoms with Crippen LogP contribution >= 0.6 is 0 Å². The van der Waals surface area contributed by atoms with E-state index >= 15 is 0 Å². The molecule has 1 N–H and O–H groups in total. The second kappa shape index (κ2) is 9.33. The number of aryl methyl sites for hydroxylation is 2. The van der Waals surface area contributed by atoms with E-state index in [0.717, 1.165) is 16.7 Å². The van der Waals surface area contributed by atoms with Crippen molar-refractivity contribution in [3.8, 4) is 0 Å². The average Bonchev–Trinajstić information content (AvgIpc) is 2.67. The summed E-state index contributed by atoms with van der Waals surface area (Å²) < 4.78 is 9.59. The predicted molar refractivity (Wildman–Crippen MR) is 102 cm³/mol. The SMILES string of the molecule is COC(=O)c1ccc(C)c(NC(=O)COC(=O)/C=C/c2ccc(C)cc2)c1. The fourth-order valence-corrected chi connectivity index (χ4v) is 2.21. The van der Waals surface area contributed by atoms with Crippen molar-refractivity contribution in [3.05, 3.63) is 70.8 Å². The summed E-state index contributed by atoms with van der Waals surface area (Å²) in [7, 11) is 1.28. The molecule has 2 aromatic carbocycles. The summed E-state index contributed by atoms with van der Waals surface area (Å²) in [4.78, 5) is 35.3. The maximum Gasteiger partial charge on any atom is 0.337 e. The third-order valence-corrected chi connectivity index (χ3v) is 3.77. The number of hydrogen-bond donors (Lipinski definition) is 1. The van der Waals surface area contributed by atoms with Crippen LogP contribution in [0.5, 0.6) is 0 Å². The van der Waals surface area contributed by atoms with Crippen molar-refractivity contribution in [2.75, 3.05) is 19.0 Å². The largest absolute Gasteiger partial charge is 0.465 e. The van der Waals surface area contributed by atoms with E-state index in [1.165, 1.54) is 19.3 Å². The number of carbonyl (C=O) groups is 3. The molecule has 0 saturated heterocycles. The fraction of sp³-hybridized carbons (Fsp3) is 0.190. The molecule has 0 unspecified atom stereocenters. The summed E-state index contributed by atoms with van der Waals surface area (Å²) in [5, 5.41) is 2.62. The molecule has 0 aromatic heterocycles. The second-order valence-electron chi connectivity index (χ2n) is 5.92. The van der Waals surface area contributed by atoms with Crippen molar-refractivity contribution in [3.63, 3.8) is 0 Å². The zero-order chi connectivity index (χ0) is 19.8. The summed E-state index contributed by atoms with van der Waals surface area (Å²) in [6.45, 7) is 3.33. The van der Waals surface area contributed by atoms with E-state index in [-0.39, 0.29) is 0 Å². The number of rotatable bonds is 6. The Morgan fingerprint density at radius 1 is 1.04 bits per heavy atom. The smallest absolute Gasteiger partial charge is 0.337 e. The third-order valence-electron chi connectivity index (χ3n) is 3.77. The van der Waals surface area contributed by atoms with Crippen LogP contribution in [-0.4, -0.2) is 31.6 Å². The van der Waals surface area contributed by atoms with Gasteiger partial charge in [-0.05, 0) is 43.2 Å². The Hall–Kier alpha value is -3.41. The molecule has 1 amide bonds. The van der Waals surface area contributed by atoms with Crippen LogP contribution in [0.1, 0.15) is 27.0 Å². The molecule has 0 atom stereocenters. The first kappa shape index (κ1) is 19.9. The Labute approximate surface area is 157 Å². The van der Waals surface area contributed by atoms with E-state index in [2.05, 4.69) is 10.1 Å². The van der Waals surface area contributed by atoms with E-state index in [9.17, 15) is 14.4 Å². The summed E-state index contributed by atoms with van der Waals surface area (Å²) in [5.41, 5.74) is 3.52. The van der Waals surface area contributed by atoms with Gasteiger partial charge in [0.15, 0.2) is 6.61 Å². The Kier molecular flexibility index (Phi) is 6.88. The lowest BCUT2D eigenvalue weighted by Gasteiger charge is -2.10. The quantitative estimate of drug-likeness (QED) is 0.626. The molecular weight excluding hydrogens is 346 g/mol. The first-order chi connectivity index (χ1) is 12.9. The van der Waals surface area contributed by atoms with Gasteiger partial charge in [-0.15, -0.1) is 0 Å². The van der Waals surface area contributed by atoms with Crippen molar-refractivity contribution in [1.29, 1.82) is 0 Å². The van der Waals surface area contributed by atoms with Crippen LogP contribution in [-0.2, 0) is 19.1 Å². The number of nitrogens with one attached hydrogen (secondary N) is 1. The van der Waals surface area contributed by atoms with Gasteiger partial charge in [0.1, 0.15) is 0 Å². The minimum absolute atomic E-state index is 0.316. The van der Waals surface area contributed by atoms with E-state index < -0.39 is 24.5 Å². The van der Waals surface area contributed by atoms with Crippen LogP contribution in [0.4, 0.5) is 5.69 Å². The Morgan fingerprint density at radius 2 is 1.74 bits per heavy atom. The van der Waals surface area contributed by atoms with E-state index in [4.69, 9.17) is 4.74 Å². The highest BCUT2D eigenvalue weighted by Crippen LogP contribution is 2.17. The molecule has 0 radical (unpaired) electrons. The van der Waals surface area contributed by atoms with Crippen LogP contribution in [0.15, 0.2) is 48.5 Å². The van der Waals surface area contributed by atoms with Crippen LogP contribution in [0.2, 0.25) is 0 Å². The molecule has 140 valence electrons. The lowest BCUT2D eigenvalue weighted by Crippen LogP contribution is -2.21. The van der Waals surface area contributed by atoms with Crippen LogP contribution in [0.25, 0.3) is 6.08 Å². The molecule has 0 fully saturated rings. The number of anilines is 1. The summed E-state index contributed by atoms with van der Waals surface area (Å²) >= 11 is 0. The summed E-state index contributed by atoms with van der Waals surface area (Å²) in [6.07, 6.45) is 2.88. The average molecular weight is 367 g/mol. The minimum atomic E-state index is -0.620. The van der Waals surface area contributed by atoms with E-state index in [0.29, 0.717) is 11.3 Å². The predicted octanol–water partition coefficient (Wildman–Crippen LogP) is 3.29. The lowest BCUT2D eigenvalue weighted by atomic mass is 10.1. The van der Waals surface area contributed by atoms with Crippen molar-refractivity contribution in [2.24, 2.45) is 0 Å². The van der Waals surface area contributed by atoms with Gasteiger partial charge < -0.3 is 14.8 Å². The van der Waals surface area contributed by atoms with Gasteiger partial charge >= 0.3 is 11.9 Å². The first-order valence-electron chi connectivity index (χ1n) is 8.29. The van der Waals surface area contributed by atoms with Crippen LogP contribution in [0, 0.1) is 13.8 Å². The molecule has 0 aliphatic rings. The van der Waals surface area contributed by atoms with Crippen molar-refractivity contribution < 1.29 is 23.9 Å². The molecule has 0 bridgehead atoms. The summed E-state index contributed by atoms with van der Waals surface area (Å²) in [6, 6.07) is 12.4. The highest BCUT2D eigenvalue weighted by atomic mass is 16.5. The highest BCUT2D eigenvalue weighted by Gasteiger charge is 2.11. The van der Waals surface area contributed by atoms with Crippen molar-refractivity contribution >= 4 is 29.6 Å². The standard InChI is InChI=1S/C21H21NO5/c1-14-4-7-16(8-5-14)9-11-20(24)27-13-19(23)22-18-12-17(21(25)26-3)10-6-15(18)2/h4-12H,13H2,1-3H3,(H,22,23)/b11-9+. The van der Waals surface area contributed by atoms with Gasteiger partial charge in [0.2, 0.25) is 0 Å². The van der Waals surface area contributed by atoms with Gasteiger partial charge in [-0.2, -0.15) is 0 Å². The number of methoxy groups -OCH3 is 1. The monoisotopic (exact) mass is 367 g/mol. The molecule has 0 aliphatic carbocycles. The van der Waals surface area contributed by atoms with Gasteiger partial charge in [-0.3, -0.25) is 4.79 Å².